The number of nitro groups is 1. The normalized spacial score (nSPS) is 10.9. The largest absolute Gasteiger partial charge is 0.350 e. The van der Waals surface area contributed by atoms with Gasteiger partial charge in [-0.05, 0) is 6.92 Å². The maximum Gasteiger partial charge on any atom is 0.350 e. The molecule has 0 amide bonds. The third kappa shape index (κ3) is 3.50. The highest BCUT2D eigenvalue weighted by atomic mass is 16.6. The fourth-order valence-corrected chi connectivity index (χ4v) is 1.65. The highest BCUT2D eigenvalue weighted by Crippen LogP contribution is 2.00. The molecule has 1 rings (SSSR count). The van der Waals surface area contributed by atoms with E-state index in [4.69, 9.17) is 0 Å². The van der Waals surface area contributed by atoms with E-state index in [1.54, 1.807) is 6.92 Å². The number of aromatic nitrogens is 2. The molecule has 8 nitrogen and oxygen atoms in total. The van der Waals surface area contributed by atoms with Crippen molar-refractivity contribution in [2.75, 3.05) is 6.54 Å². The van der Waals surface area contributed by atoms with Gasteiger partial charge >= 0.3 is 16.9 Å². The predicted octanol–water partition coefficient (Wildman–Crippen LogP) is -0.0639. The van der Waals surface area contributed by atoms with Crippen molar-refractivity contribution in [3.63, 3.8) is 0 Å². The molecule has 0 spiro atoms. The number of rotatable bonds is 6. The highest BCUT2D eigenvalue weighted by Gasteiger charge is 2.18. The van der Waals surface area contributed by atoms with E-state index in [-0.39, 0.29) is 19.1 Å². The standard InChI is InChI=1S/C11H18N4O4/c1-4-13-7-9(15(18)19)10(16)14(11(13)17)6-5-12-8(2)3/h7-8,12H,4-6H2,1-3H3. The van der Waals surface area contributed by atoms with Gasteiger partial charge in [-0.15, -0.1) is 0 Å². The summed E-state index contributed by atoms with van der Waals surface area (Å²) < 4.78 is 2.06. The predicted molar refractivity (Wildman–Crippen MR) is 70.4 cm³/mol. The summed E-state index contributed by atoms with van der Waals surface area (Å²) in [5, 5.41) is 13.9. The average molecular weight is 270 g/mol. The fourth-order valence-electron chi connectivity index (χ4n) is 1.65. The van der Waals surface area contributed by atoms with Gasteiger partial charge in [0.1, 0.15) is 0 Å². The minimum absolute atomic E-state index is 0.109. The molecule has 0 aliphatic heterocycles. The molecule has 0 unspecified atom stereocenters. The van der Waals surface area contributed by atoms with Crippen LogP contribution in [0.25, 0.3) is 0 Å². The third-order valence-corrected chi connectivity index (χ3v) is 2.64. The van der Waals surface area contributed by atoms with Gasteiger partial charge in [0.05, 0.1) is 11.1 Å². The van der Waals surface area contributed by atoms with E-state index in [1.807, 2.05) is 13.8 Å². The second kappa shape index (κ2) is 6.28. The molecule has 0 aliphatic carbocycles. The van der Waals surface area contributed by atoms with Crippen LogP contribution in [-0.4, -0.2) is 26.6 Å². The molecule has 1 heterocycles. The van der Waals surface area contributed by atoms with Gasteiger partial charge in [-0.1, -0.05) is 13.8 Å². The molecule has 0 atom stereocenters. The van der Waals surface area contributed by atoms with Crippen LogP contribution in [0.15, 0.2) is 15.8 Å². The van der Waals surface area contributed by atoms with Gasteiger partial charge in [0, 0.05) is 25.7 Å². The van der Waals surface area contributed by atoms with E-state index in [0.717, 1.165) is 15.3 Å². The Morgan fingerprint density at radius 2 is 2.05 bits per heavy atom. The Hall–Kier alpha value is -1.96. The molecule has 0 aliphatic rings. The Balaban J connectivity index is 3.21. The summed E-state index contributed by atoms with van der Waals surface area (Å²) in [6.07, 6.45) is 0.997. The molecule has 0 aromatic carbocycles. The summed E-state index contributed by atoms with van der Waals surface area (Å²) in [7, 11) is 0. The van der Waals surface area contributed by atoms with E-state index >= 15 is 0 Å². The first-order chi connectivity index (χ1) is 8.88. The quantitative estimate of drug-likeness (QED) is 0.576. The minimum Gasteiger partial charge on any atom is -0.313 e. The molecule has 1 N–H and O–H groups in total. The summed E-state index contributed by atoms with van der Waals surface area (Å²) >= 11 is 0. The zero-order chi connectivity index (χ0) is 14.6. The molecular formula is C11H18N4O4. The summed E-state index contributed by atoms with van der Waals surface area (Å²) in [6, 6.07) is 0.211. The Bertz CT molecular complexity index is 573. The first kappa shape index (κ1) is 15.1. The molecule has 19 heavy (non-hydrogen) atoms. The van der Waals surface area contributed by atoms with Gasteiger partial charge in [-0.2, -0.15) is 0 Å². The van der Waals surface area contributed by atoms with Crippen molar-refractivity contribution in [1.29, 1.82) is 0 Å². The lowest BCUT2D eigenvalue weighted by molar-refractivity contribution is -0.387. The molecule has 0 saturated carbocycles. The lowest BCUT2D eigenvalue weighted by atomic mass is 10.4. The van der Waals surface area contributed by atoms with Crippen LogP contribution in [0.1, 0.15) is 20.8 Å². The van der Waals surface area contributed by atoms with Crippen molar-refractivity contribution in [3.05, 3.63) is 37.1 Å². The SMILES string of the molecule is CCn1cc([N+](=O)[O-])c(=O)n(CCNC(C)C)c1=O. The van der Waals surface area contributed by atoms with Crippen molar-refractivity contribution < 1.29 is 4.92 Å². The zero-order valence-corrected chi connectivity index (χ0v) is 11.3. The van der Waals surface area contributed by atoms with Gasteiger partial charge in [0.15, 0.2) is 0 Å². The van der Waals surface area contributed by atoms with Crippen LogP contribution >= 0.6 is 0 Å². The summed E-state index contributed by atoms with van der Waals surface area (Å²) in [6.45, 7) is 6.33. The molecule has 0 radical (unpaired) electrons. The van der Waals surface area contributed by atoms with Crippen LogP contribution in [0.2, 0.25) is 0 Å². The number of nitrogens with zero attached hydrogens (tertiary/aromatic N) is 3. The van der Waals surface area contributed by atoms with E-state index in [1.165, 1.54) is 0 Å². The van der Waals surface area contributed by atoms with Gasteiger partial charge in [-0.3, -0.25) is 24.0 Å². The van der Waals surface area contributed by atoms with Crippen LogP contribution in [0.3, 0.4) is 0 Å². The smallest absolute Gasteiger partial charge is 0.313 e. The highest BCUT2D eigenvalue weighted by molar-refractivity contribution is 5.21. The van der Waals surface area contributed by atoms with E-state index in [2.05, 4.69) is 5.32 Å². The maximum atomic E-state index is 11.9. The van der Waals surface area contributed by atoms with Gasteiger partial charge in [0.25, 0.3) is 0 Å². The number of hydrogen-bond acceptors (Lipinski definition) is 5. The maximum absolute atomic E-state index is 11.9. The van der Waals surface area contributed by atoms with Gasteiger partial charge in [-0.25, -0.2) is 4.79 Å². The van der Waals surface area contributed by atoms with Crippen molar-refractivity contribution in [1.82, 2.24) is 14.5 Å². The van der Waals surface area contributed by atoms with Crippen LogP contribution in [0.5, 0.6) is 0 Å². The third-order valence-electron chi connectivity index (χ3n) is 2.64. The summed E-state index contributed by atoms with van der Waals surface area (Å²) in [5.41, 5.74) is -1.96. The van der Waals surface area contributed by atoms with Crippen LogP contribution < -0.4 is 16.6 Å². The molecule has 0 saturated heterocycles. The lowest BCUT2D eigenvalue weighted by Gasteiger charge is -2.10. The Morgan fingerprint density at radius 1 is 1.42 bits per heavy atom. The fraction of sp³-hybridized carbons (Fsp3) is 0.636. The van der Waals surface area contributed by atoms with Gasteiger partial charge in [0.2, 0.25) is 0 Å². The van der Waals surface area contributed by atoms with Crippen molar-refractivity contribution in [2.45, 2.75) is 39.9 Å². The number of hydrogen-bond donors (Lipinski definition) is 1. The Labute approximate surface area is 109 Å². The average Bonchev–Trinajstić information content (AvgIpc) is 2.32. The molecule has 1 aromatic heterocycles. The molecule has 8 heteroatoms. The van der Waals surface area contributed by atoms with Crippen LogP contribution in [0, 0.1) is 10.1 Å². The molecule has 0 bridgehead atoms. The summed E-state index contributed by atoms with van der Waals surface area (Å²) in [5.74, 6) is 0. The number of nitrogens with one attached hydrogen (secondary N) is 1. The number of aryl methyl sites for hydroxylation is 1. The van der Waals surface area contributed by atoms with E-state index < -0.39 is 21.9 Å². The molecule has 106 valence electrons. The molecular weight excluding hydrogens is 252 g/mol. The molecule has 1 aromatic rings. The second-order valence-corrected chi connectivity index (χ2v) is 4.41. The monoisotopic (exact) mass is 270 g/mol. The minimum atomic E-state index is -0.856. The van der Waals surface area contributed by atoms with Crippen molar-refractivity contribution in [2.24, 2.45) is 0 Å². The summed E-state index contributed by atoms with van der Waals surface area (Å²) in [4.78, 5) is 33.8. The van der Waals surface area contributed by atoms with Crippen molar-refractivity contribution in [3.8, 4) is 0 Å². The van der Waals surface area contributed by atoms with E-state index in [9.17, 15) is 19.7 Å². The second-order valence-electron chi connectivity index (χ2n) is 4.41. The van der Waals surface area contributed by atoms with Crippen molar-refractivity contribution >= 4 is 5.69 Å². The Kier molecular flexibility index (Phi) is 4.99. The first-order valence-corrected chi connectivity index (χ1v) is 6.10. The first-order valence-electron chi connectivity index (χ1n) is 6.10. The Morgan fingerprint density at radius 3 is 2.53 bits per heavy atom. The zero-order valence-electron chi connectivity index (χ0n) is 11.3. The lowest BCUT2D eigenvalue weighted by Crippen LogP contribution is -2.42. The van der Waals surface area contributed by atoms with Gasteiger partial charge < -0.3 is 5.32 Å². The van der Waals surface area contributed by atoms with Crippen LogP contribution in [0.4, 0.5) is 5.69 Å². The topological polar surface area (TPSA) is 99.2 Å². The van der Waals surface area contributed by atoms with E-state index in [0.29, 0.717) is 6.54 Å². The molecule has 0 fully saturated rings. The van der Waals surface area contributed by atoms with Crippen LogP contribution in [-0.2, 0) is 13.1 Å².